The summed E-state index contributed by atoms with van der Waals surface area (Å²) in [6.45, 7) is 4.81. The van der Waals surface area contributed by atoms with Gasteiger partial charge in [0.15, 0.2) is 0 Å². The highest BCUT2D eigenvalue weighted by Crippen LogP contribution is 2.22. The van der Waals surface area contributed by atoms with E-state index in [2.05, 4.69) is 13.8 Å². The van der Waals surface area contributed by atoms with Crippen LogP contribution in [0.25, 0.3) is 0 Å². The Balaban J connectivity index is 2.53. The molecule has 0 radical (unpaired) electrons. The van der Waals surface area contributed by atoms with Crippen LogP contribution in [0.15, 0.2) is 18.2 Å². The number of hydrogen-bond acceptors (Lipinski definition) is 3. The molecule has 118 valence electrons. The van der Waals surface area contributed by atoms with E-state index < -0.39 is 0 Å². The Kier molecular flexibility index (Phi) is 7.83. The Morgan fingerprint density at radius 2 is 2.05 bits per heavy atom. The lowest BCUT2D eigenvalue weighted by Crippen LogP contribution is -2.13. The lowest BCUT2D eigenvalue weighted by atomic mass is 10.1. The lowest BCUT2D eigenvalue weighted by Gasteiger charge is -2.15. The van der Waals surface area contributed by atoms with Gasteiger partial charge in [0.1, 0.15) is 11.6 Å². The maximum Gasteiger partial charge on any atom is 0.124 e. The van der Waals surface area contributed by atoms with E-state index in [1.165, 1.54) is 25.7 Å². The number of rotatable bonds is 10. The predicted molar refractivity (Wildman–Crippen MR) is 87.0 cm³/mol. The number of hydrogen-bond donors (Lipinski definition) is 2. The molecule has 0 heterocycles. The van der Waals surface area contributed by atoms with Crippen molar-refractivity contribution in [2.24, 2.45) is 5.73 Å². The van der Waals surface area contributed by atoms with E-state index in [4.69, 9.17) is 20.6 Å². The summed E-state index contributed by atoms with van der Waals surface area (Å²) in [5, 5.41) is 7.50. The molecule has 1 atom stereocenters. The van der Waals surface area contributed by atoms with E-state index >= 15 is 0 Å². The molecule has 0 aliphatic carbocycles. The first-order chi connectivity index (χ1) is 10.1. The van der Waals surface area contributed by atoms with Crippen LogP contribution in [0.3, 0.4) is 0 Å². The minimum atomic E-state index is 0.0616. The number of nitrogens with two attached hydrogens (primary N) is 1. The predicted octanol–water partition coefficient (Wildman–Crippen LogP) is 3.85. The maximum atomic E-state index is 7.50. The molecular weight excluding hydrogens is 264 g/mol. The first-order valence-electron chi connectivity index (χ1n) is 7.71. The van der Waals surface area contributed by atoms with Gasteiger partial charge >= 0.3 is 0 Å². The van der Waals surface area contributed by atoms with Crippen molar-refractivity contribution >= 4 is 5.84 Å². The van der Waals surface area contributed by atoms with Gasteiger partial charge in [-0.25, -0.2) is 0 Å². The molecular formula is C17H28N2O2. The van der Waals surface area contributed by atoms with Gasteiger partial charge in [0.25, 0.3) is 0 Å². The van der Waals surface area contributed by atoms with Crippen LogP contribution in [0.5, 0.6) is 5.75 Å². The van der Waals surface area contributed by atoms with Gasteiger partial charge in [-0.1, -0.05) is 32.6 Å². The smallest absolute Gasteiger partial charge is 0.124 e. The first kappa shape index (κ1) is 17.5. The van der Waals surface area contributed by atoms with Gasteiger partial charge < -0.3 is 15.2 Å². The molecule has 0 saturated heterocycles. The van der Waals surface area contributed by atoms with E-state index in [0.29, 0.717) is 12.2 Å². The van der Waals surface area contributed by atoms with E-state index in [9.17, 15) is 0 Å². The molecule has 0 saturated carbocycles. The number of nitrogens with one attached hydrogen (secondary N) is 1. The molecule has 0 spiro atoms. The Hall–Kier alpha value is -1.55. The molecule has 1 aromatic rings. The van der Waals surface area contributed by atoms with Crippen molar-refractivity contribution in [2.45, 2.75) is 58.7 Å². The van der Waals surface area contributed by atoms with Crippen LogP contribution in [0, 0.1) is 5.41 Å². The van der Waals surface area contributed by atoms with Crippen molar-refractivity contribution in [3.63, 3.8) is 0 Å². The molecule has 0 aromatic heterocycles. The molecule has 0 amide bonds. The van der Waals surface area contributed by atoms with Crippen molar-refractivity contribution in [2.75, 3.05) is 7.11 Å². The average molecular weight is 292 g/mol. The average Bonchev–Trinajstić information content (AvgIpc) is 2.49. The molecule has 3 N–H and O–H groups in total. The third kappa shape index (κ3) is 6.17. The second-order valence-electron chi connectivity index (χ2n) is 5.41. The largest absolute Gasteiger partial charge is 0.496 e. The lowest BCUT2D eigenvalue weighted by molar-refractivity contribution is 0.0448. The van der Waals surface area contributed by atoms with Gasteiger partial charge in [-0.3, -0.25) is 5.41 Å². The summed E-state index contributed by atoms with van der Waals surface area (Å²) in [6.07, 6.45) is 6.33. The molecule has 0 aliphatic rings. The normalized spacial score (nSPS) is 12.1. The zero-order valence-corrected chi connectivity index (χ0v) is 13.4. The molecule has 21 heavy (non-hydrogen) atoms. The van der Waals surface area contributed by atoms with E-state index in [-0.39, 0.29) is 11.9 Å². The fraction of sp³-hybridized carbons (Fsp3) is 0.588. The van der Waals surface area contributed by atoms with Crippen molar-refractivity contribution in [1.29, 1.82) is 5.41 Å². The third-order valence-corrected chi connectivity index (χ3v) is 3.58. The quantitative estimate of drug-likeness (QED) is 0.391. The highest BCUT2D eigenvalue weighted by molar-refractivity contribution is 5.95. The molecule has 1 rings (SSSR count). The number of unbranched alkanes of at least 4 members (excludes halogenated alkanes) is 3. The molecule has 0 bridgehead atoms. The van der Waals surface area contributed by atoms with Gasteiger partial charge in [0.05, 0.1) is 19.8 Å². The van der Waals surface area contributed by atoms with Crippen molar-refractivity contribution < 1.29 is 9.47 Å². The summed E-state index contributed by atoms with van der Waals surface area (Å²) in [7, 11) is 1.64. The minimum absolute atomic E-state index is 0.0616. The van der Waals surface area contributed by atoms with Crippen LogP contribution in [-0.4, -0.2) is 19.0 Å². The highest BCUT2D eigenvalue weighted by Gasteiger charge is 2.09. The van der Waals surface area contributed by atoms with Crippen molar-refractivity contribution in [3.8, 4) is 5.75 Å². The summed E-state index contributed by atoms with van der Waals surface area (Å²) in [6, 6.07) is 5.49. The zero-order valence-electron chi connectivity index (χ0n) is 13.4. The molecule has 1 unspecified atom stereocenters. The Labute approximate surface area is 128 Å². The standard InChI is InChI=1S/C17H28N2O2/c1-4-5-6-7-8-13(2)21-12-15-11-14(17(18)19)9-10-16(15)20-3/h9-11,13H,4-8,12H2,1-3H3,(H3,18,19). The van der Waals surface area contributed by atoms with Crippen LogP contribution >= 0.6 is 0 Å². The summed E-state index contributed by atoms with van der Waals surface area (Å²) >= 11 is 0. The van der Waals surface area contributed by atoms with Gasteiger partial charge in [-0.15, -0.1) is 0 Å². The molecule has 4 nitrogen and oxygen atoms in total. The monoisotopic (exact) mass is 292 g/mol. The van der Waals surface area contributed by atoms with E-state index in [1.54, 1.807) is 13.2 Å². The summed E-state index contributed by atoms with van der Waals surface area (Å²) < 4.78 is 11.2. The second kappa shape index (κ2) is 9.40. The Morgan fingerprint density at radius 1 is 1.29 bits per heavy atom. The van der Waals surface area contributed by atoms with Crippen LogP contribution < -0.4 is 10.5 Å². The van der Waals surface area contributed by atoms with Gasteiger partial charge in [0.2, 0.25) is 0 Å². The van der Waals surface area contributed by atoms with Gasteiger partial charge in [-0.05, 0) is 31.5 Å². The molecule has 0 aliphatic heterocycles. The van der Waals surface area contributed by atoms with Crippen LogP contribution in [0.4, 0.5) is 0 Å². The number of ether oxygens (including phenoxy) is 2. The highest BCUT2D eigenvalue weighted by atomic mass is 16.5. The fourth-order valence-electron chi connectivity index (χ4n) is 2.23. The summed E-state index contributed by atoms with van der Waals surface area (Å²) in [5.41, 5.74) is 7.16. The molecule has 4 heteroatoms. The van der Waals surface area contributed by atoms with Gasteiger partial charge in [-0.2, -0.15) is 0 Å². The topological polar surface area (TPSA) is 68.3 Å². The summed E-state index contributed by atoms with van der Waals surface area (Å²) in [5.74, 6) is 0.838. The maximum absolute atomic E-state index is 7.50. The molecule has 0 fully saturated rings. The van der Waals surface area contributed by atoms with Crippen LogP contribution in [0.2, 0.25) is 0 Å². The van der Waals surface area contributed by atoms with Crippen molar-refractivity contribution in [1.82, 2.24) is 0 Å². The third-order valence-electron chi connectivity index (χ3n) is 3.58. The summed E-state index contributed by atoms with van der Waals surface area (Å²) in [4.78, 5) is 0. The number of amidine groups is 1. The van der Waals surface area contributed by atoms with E-state index in [1.807, 2.05) is 12.1 Å². The first-order valence-corrected chi connectivity index (χ1v) is 7.71. The minimum Gasteiger partial charge on any atom is -0.496 e. The van der Waals surface area contributed by atoms with E-state index in [0.717, 1.165) is 17.7 Å². The number of nitrogen functional groups attached to an aromatic ring is 1. The number of methoxy groups -OCH3 is 1. The SMILES string of the molecule is CCCCCCC(C)OCc1cc(C(=N)N)ccc1OC. The Bertz CT molecular complexity index is 446. The zero-order chi connectivity index (χ0) is 15.7. The van der Waals surface area contributed by atoms with Crippen LogP contribution in [0.1, 0.15) is 57.1 Å². The van der Waals surface area contributed by atoms with Crippen LogP contribution in [-0.2, 0) is 11.3 Å². The number of benzene rings is 1. The Morgan fingerprint density at radius 3 is 2.67 bits per heavy atom. The molecule has 1 aromatic carbocycles. The second-order valence-corrected chi connectivity index (χ2v) is 5.41. The van der Waals surface area contributed by atoms with Gasteiger partial charge in [0, 0.05) is 11.1 Å². The van der Waals surface area contributed by atoms with Crippen molar-refractivity contribution in [3.05, 3.63) is 29.3 Å². The fourth-order valence-corrected chi connectivity index (χ4v) is 2.23.